The van der Waals surface area contributed by atoms with Crippen LogP contribution in [0.3, 0.4) is 0 Å². The van der Waals surface area contributed by atoms with Gasteiger partial charge >= 0.3 is 0 Å². The highest BCUT2D eigenvalue weighted by atomic mass is 79.9. The molecule has 0 aliphatic rings. The Kier molecular flexibility index (Phi) is 3.68. The van der Waals surface area contributed by atoms with Gasteiger partial charge in [-0.15, -0.1) is 11.3 Å². The lowest BCUT2D eigenvalue weighted by Gasteiger charge is -1.99. The van der Waals surface area contributed by atoms with Crippen LogP contribution in [-0.4, -0.2) is 11.5 Å². The van der Waals surface area contributed by atoms with E-state index in [0.717, 1.165) is 15.9 Å². The van der Waals surface area contributed by atoms with Gasteiger partial charge in [0.05, 0.1) is 10.7 Å². The van der Waals surface area contributed by atoms with E-state index >= 15 is 0 Å². The van der Waals surface area contributed by atoms with Crippen LogP contribution in [0.4, 0.5) is 4.39 Å². The van der Waals surface area contributed by atoms with E-state index in [1.54, 1.807) is 12.1 Å². The van der Waals surface area contributed by atoms with E-state index in [1.807, 2.05) is 5.38 Å². The second-order valence-electron chi connectivity index (χ2n) is 3.29. The molecule has 2 nitrogen and oxygen atoms in total. The van der Waals surface area contributed by atoms with Crippen LogP contribution in [0.1, 0.15) is 5.01 Å². The molecule has 2 rings (SSSR count). The molecule has 0 saturated heterocycles. The first-order valence-electron chi connectivity index (χ1n) is 4.80. The van der Waals surface area contributed by atoms with Crippen molar-refractivity contribution in [3.05, 3.63) is 38.9 Å². The van der Waals surface area contributed by atoms with Gasteiger partial charge in [0.25, 0.3) is 0 Å². The second-order valence-corrected chi connectivity index (χ2v) is 5.15. The van der Waals surface area contributed by atoms with Crippen LogP contribution in [0, 0.1) is 5.82 Å². The lowest BCUT2D eigenvalue weighted by molar-refractivity contribution is 0.630. The van der Waals surface area contributed by atoms with Gasteiger partial charge in [-0.05, 0) is 24.7 Å². The Labute approximate surface area is 105 Å². The van der Waals surface area contributed by atoms with Gasteiger partial charge in [0, 0.05) is 21.8 Å². The van der Waals surface area contributed by atoms with E-state index < -0.39 is 0 Å². The van der Waals surface area contributed by atoms with Crippen LogP contribution < -0.4 is 5.73 Å². The molecule has 0 atom stereocenters. The van der Waals surface area contributed by atoms with E-state index in [0.29, 0.717) is 17.8 Å². The fourth-order valence-corrected chi connectivity index (χ4v) is 2.54. The van der Waals surface area contributed by atoms with Crippen molar-refractivity contribution < 1.29 is 4.39 Å². The molecule has 0 bridgehead atoms. The van der Waals surface area contributed by atoms with Crippen LogP contribution >= 0.6 is 27.3 Å². The number of hydrogen-bond donors (Lipinski definition) is 1. The number of nitrogens with zero attached hydrogens (tertiary/aromatic N) is 1. The molecule has 0 saturated carbocycles. The molecule has 0 unspecified atom stereocenters. The second kappa shape index (κ2) is 5.03. The molecule has 1 heterocycles. The number of aromatic nitrogens is 1. The summed E-state index contributed by atoms with van der Waals surface area (Å²) >= 11 is 4.83. The lowest BCUT2D eigenvalue weighted by atomic mass is 10.1. The molecular formula is C11H10BrFN2S. The fourth-order valence-electron chi connectivity index (χ4n) is 1.37. The standard InChI is InChI=1S/C11H10BrFN2S/c12-7-1-2-9(13)8(5-7)10-6-16-11(15-10)3-4-14/h1-2,5-6H,3-4,14H2. The SMILES string of the molecule is NCCc1nc(-c2cc(Br)ccc2F)cs1. The topological polar surface area (TPSA) is 38.9 Å². The van der Waals surface area contributed by atoms with Gasteiger partial charge in [0.1, 0.15) is 5.82 Å². The first kappa shape index (κ1) is 11.7. The van der Waals surface area contributed by atoms with Gasteiger partial charge in [-0.1, -0.05) is 15.9 Å². The molecule has 0 radical (unpaired) electrons. The van der Waals surface area contributed by atoms with Crippen molar-refractivity contribution >= 4 is 27.3 Å². The van der Waals surface area contributed by atoms with E-state index in [4.69, 9.17) is 5.73 Å². The van der Waals surface area contributed by atoms with Gasteiger partial charge in [0.2, 0.25) is 0 Å². The van der Waals surface area contributed by atoms with Gasteiger partial charge in [0.15, 0.2) is 0 Å². The molecule has 0 aliphatic heterocycles. The van der Waals surface area contributed by atoms with E-state index in [-0.39, 0.29) is 5.82 Å². The first-order chi connectivity index (χ1) is 7.70. The molecule has 2 aromatic rings. The Morgan fingerprint density at radius 2 is 2.25 bits per heavy atom. The molecule has 0 amide bonds. The van der Waals surface area contributed by atoms with Crippen molar-refractivity contribution in [2.45, 2.75) is 6.42 Å². The third-order valence-electron chi connectivity index (χ3n) is 2.11. The highest BCUT2D eigenvalue weighted by Crippen LogP contribution is 2.27. The molecule has 16 heavy (non-hydrogen) atoms. The van der Waals surface area contributed by atoms with Gasteiger partial charge in [-0.3, -0.25) is 0 Å². The molecule has 84 valence electrons. The maximum absolute atomic E-state index is 13.6. The van der Waals surface area contributed by atoms with Crippen LogP contribution in [0.2, 0.25) is 0 Å². The zero-order chi connectivity index (χ0) is 11.5. The van der Waals surface area contributed by atoms with Gasteiger partial charge in [-0.25, -0.2) is 9.37 Å². The molecule has 0 fully saturated rings. The lowest BCUT2D eigenvalue weighted by Crippen LogP contribution is -2.02. The monoisotopic (exact) mass is 300 g/mol. The Morgan fingerprint density at radius 1 is 1.44 bits per heavy atom. The summed E-state index contributed by atoms with van der Waals surface area (Å²) in [5.74, 6) is -0.257. The highest BCUT2D eigenvalue weighted by molar-refractivity contribution is 9.10. The van der Waals surface area contributed by atoms with Crippen molar-refractivity contribution in [3.8, 4) is 11.3 Å². The smallest absolute Gasteiger partial charge is 0.132 e. The van der Waals surface area contributed by atoms with Crippen LogP contribution in [0.25, 0.3) is 11.3 Å². The van der Waals surface area contributed by atoms with Crippen molar-refractivity contribution in [3.63, 3.8) is 0 Å². The summed E-state index contributed by atoms with van der Waals surface area (Å²) in [6, 6.07) is 4.84. The van der Waals surface area contributed by atoms with Crippen molar-refractivity contribution in [2.24, 2.45) is 5.73 Å². The predicted molar refractivity (Wildman–Crippen MR) is 68.0 cm³/mol. The largest absolute Gasteiger partial charge is 0.330 e. The Morgan fingerprint density at radius 3 is 3.00 bits per heavy atom. The first-order valence-corrected chi connectivity index (χ1v) is 6.48. The quantitative estimate of drug-likeness (QED) is 0.945. The molecule has 2 N–H and O–H groups in total. The average Bonchev–Trinajstić information content (AvgIpc) is 2.71. The maximum Gasteiger partial charge on any atom is 0.132 e. The predicted octanol–water partition coefficient (Wildman–Crippen LogP) is 3.21. The number of rotatable bonds is 3. The summed E-state index contributed by atoms with van der Waals surface area (Å²) in [5, 5.41) is 2.80. The number of hydrogen-bond acceptors (Lipinski definition) is 3. The molecular weight excluding hydrogens is 291 g/mol. The summed E-state index contributed by atoms with van der Waals surface area (Å²) in [6.45, 7) is 0.563. The molecule has 5 heteroatoms. The van der Waals surface area contributed by atoms with Crippen molar-refractivity contribution in [1.29, 1.82) is 0 Å². The normalized spacial score (nSPS) is 10.7. The molecule has 1 aromatic carbocycles. The zero-order valence-electron chi connectivity index (χ0n) is 8.41. The summed E-state index contributed by atoms with van der Waals surface area (Å²) < 4.78 is 14.4. The molecule has 0 spiro atoms. The number of nitrogens with two attached hydrogens (primary N) is 1. The minimum atomic E-state index is -0.257. The number of thiazole rings is 1. The maximum atomic E-state index is 13.6. The van der Waals surface area contributed by atoms with Gasteiger partial charge < -0.3 is 5.73 Å². The van der Waals surface area contributed by atoms with Crippen LogP contribution in [0.5, 0.6) is 0 Å². The summed E-state index contributed by atoms with van der Waals surface area (Å²) in [5.41, 5.74) is 6.64. The summed E-state index contributed by atoms with van der Waals surface area (Å²) in [4.78, 5) is 4.35. The molecule has 0 aliphatic carbocycles. The van der Waals surface area contributed by atoms with Crippen LogP contribution in [-0.2, 0) is 6.42 Å². The van der Waals surface area contributed by atoms with E-state index in [9.17, 15) is 4.39 Å². The third kappa shape index (κ3) is 2.48. The minimum absolute atomic E-state index is 0.257. The van der Waals surface area contributed by atoms with Crippen molar-refractivity contribution in [2.75, 3.05) is 6.54 Å². The molecule has 1 aromatic heterocycles. The fraction of sp³-hybridized carbons (Fsp3) is 0.182. The number of benzene rings is 1. The highest BCUT2D eigenvalue weighted by Gasteiger charge is 2.09. The third-order valence-corrected chi connectivity index (χ3v) is 3.52. The van der Waals surface area contributed by atoms with Crippen molar-refractivity contribution in [1.82, 2.24) is 4.98 Å². The minimum Gasteiger partial charge on any atom is -0.330 e. The Hall–Kier alpha value is -0.780. The average molecular weight is 301 g/mol. The van der Waals surface area contributed by atoms with E-state index in [2.05, 4.69) is 20.9 Å². The number of halogens is 2. The zero-order valence-corrected chi connectivity index (χ0v) is 10.8. The van der Waals surface area contributed by atoms with Crippen LogP contribution in [0.15, 0.2) is 28.1 Å². The Bertz CT molecular complexity index is 498. The van der Waals surface area contributed by atoms with E-state index in [1.165, 1.54) is 17.4 Å². The summed E-state index contributed by atoms with van der Waals surface area (Å²) in [7, 11) is 0. The van der Waals surface area contributed by atoms with Gasteiger partial charge in [-0.2, -0.15) is 0 Å². The Balaban J connectivity index is 2.38. The summed E-state index contributed by atoms with van der Waals surface area (Å²) in [6.07, 6.45) is 0.736.